The largest absolute Gasteiger partial charge is 0.497 e. The van der Waals surface area contributed by atoms with Crippen molar-refractivity contribution in [2.24, 2.45) is 4.99 Å². The zero-order chi connectivity index (χ0) is 19.4. The smallest absolute Gasteiger partial charge is 0.264 e. The first-order valence-corrected chi connectivity index (χ1v) is 9.11. The van der Waals surface area contributed by atoms with E-state index in [1.54, 1.807) is 32.4 Å². The molecule has 0 saturated carbocycles. The topological polar surface area (TPSA) is 63.2 Å². The van der Waals surface area contributed by atoms with E-state index in [2.05, 4.69) is 10.3 Å². The number of thioether (sulfide) groups is 1. The number of carbonyl (C=O) groups is 1. The second-order valence-corrected chi connectivity index (χ2v) is 7.04. The van der Waals surface area contributed by atoms with Crippen LogP contribution in [0.5, 0.6) is 11.5 Å². The second kappa shape index (κ2) is 8.18. The molecule has 1 saturated heterocycles. The maximum atomic E-state index is 12.3. The summed E-state index contributed by atoms with van der Waals surface area (Å²) in [5.41, 5.74) is 2.69. The van der Waals surface area contributed by atoms with Crippen LogP contribution in [-0.2, 0) is 4.79 Å². The van der Waals surface area contributed by atoms with Crippen molar-refractivity contribution in [1.82, 2.24) is 5.32 Å². The summed E-state index contributed by atoms with van der Waals surface area (Å²) >= 11 is 1.30. The predicted molar refractivity (Wildman–Crippen MR) is 111 cm³/mol. The van der Waals surface area contributed by atoms with E-state index in [-0.39, 0.29) is 5.91 Å². The van der Waals surface area contributed by atoms with E-state index in [0.29, 0.717) is 27.3 Å². The van der Waals surface area contributed by atoms with Crippen molar-refractivity contribution in [2.45, 2.75) is 0 Å². The highest BCUT2D eigenvalue weighted by atomic mass is 32.2. The summed E-state index contributed by atoms with van der Waals surface area (Å²) in [7, 11) is 7.14. The number of benzene rings is 2. The summed E-state index contributed by atoms with van der Waals surface area (Å²) < 4.78 is 10.5. The van der Waals surface area contributed by atoms with Gasteiger partial charge in [-0.25, -0.2) is 4.99 Å². The number of aliphatic imine (C=N–C) groups is 1. The highest BCUT2D eigenvalue weighted by Crippen LogP contribution is 2.34. The Morgan fingerprint density at radius 1 is 1.07 bits per heavy atom. The van der Waals surface area contributed by atoms with Crippen molar-refractivity contribution in [3.8, 4) is 11.5 Å². The normalized spacial score (nSPS) is 16.5. The van der Waals surface area contributed by atoms with Crippen molar-refractivity contribution in [3.05, 3.63) is 52.9 Å². The van der Waals surface area contributed by atoms with Crippen LogP contribution in [0, 0.1) is 0 Å². The summed E-state index contributed by atoms with van der Waals surface area (Å²) in [4.78, 5) is 19.4. The van der Waals surface area contributed by atoms with E-state index < -0.39 is 0 Å². The molecule has 0 aromatic heterocycles. The first-order chi connectivity index (χ1) is 13.0. The van der Waals surface area contributed by atoms with Crippen molar-refractivity contribution < 1.29 is 14.3 Å². The first kappa shape index (κ1) is 18.8. The minimum atomic E-state index is -0.164. The van der Waals surface area contributed by atoms with Crippen LogP contribution < -0.4 is 19.7 Å². The quantitative estimate of drug-likeness (QED) is 0.799. The van der Waals surface area contributed by atoms with Gasteiger partial charge in [0, 0.05) is 25.8 Å². The second-order valence-electron chi connectivity index (χ2n) is 6.01. The molecule has 6 nitrogen and oxygen atoms in total. The molecular weight excluding hydrogens is 362 g/mol. The molecule has 1 fully saturated rings. The van der Waals surface area contributed by atoms with Crippen LogP contribution in [0.15, 0.2) is 52.4 Å². The van der Waals surface area contributed by atoms with Gasteiger partial charge in [0.25, 0.3) is 5.91 Å². The lowest BCUT2D eigenvalue weighted by atomic mass is 10.2. The zero-order valence-corrected chi connectivity index (χ0v) is 16.5. The molecule has 140 valence electrons. The van der Waals surface area contributed by atoms with Gasteiger partial charge in [-0.15, -0.1) is 0 Å². The Balaban J connectivity index is 1.81. The molecule has 7 heteroatoms. The fraction of sp³-hybridized carbons (Fsp3) is 0.200. The number of ether oxygens (including phenoxy) is 2. The monoisotopic (exact) mass is 383 g/mol. The molecule has 0 atom stereocenters. The van der Waals surface area contributed by atoms with E-state index in [9.17, 15) is 4.79 Å². The average molecular weight is 383 g/mol. The number of hydrogen-bond acceptors (Lipinski definition) is 6. The molecule has 2 aromatic carbocycles. The molecule has 1 aliphatic rings. The van der Waals surface area contributed by atoms with Crippen LogP contribution in [0.4, 0.5) is 11.4 Å². The van der Waals surface area contributed by atoms with Crippen LogP contribution >= 0.6 is 11.8 Å². The number of methoxy groups -OCH3 is 2. The summed E-state index contributed by atoms with van der Waals surface area (Å²) in [5.74, 6) is 1.09. The Morgan fingerprint density at radius 3 is 2.44 bits per heavy atom. The summed E-state index contributed by atoms with van der Waals surface area (Å²) in [6.07, 6.45) is 1.85. The minimum absolute atomic E-state index is 0.164. The molecule has 0 bridgehead atoms. The van der Waals surface area contributed by atoms with Crippen molar-refractivity contribution in [2.75, 3.05) is 33.2 Å². The Morgan fingerprint density at radius 2 is 1.81 bits per heavy atom. The van der Waals surface area contributed by atoms with Gasteiger partial charge in [0.1, 0.15) is 17.2 Å². The molecule has 3 rings (SSSR count). The Hall–Kier alpha value is -2.93. The van der Waals surface area contributed by atoms with E-state index in [0.717, 1.165) is 11.3 Å². The molecular formula is C20H21N3O3S. The van der Waals surface area contributed by atoms with Crippen LogP contribution in [0.1, 0.15) is 5.56 Å². The van der Waals surface area contributed by atoms with Crippen molar-refractivity contribution in [3.63, 3.8) is 0 Å². The van der Waals surface area contributed by atoms with Gasteiger partial charge in [-0.2, -0.15) is 0 Å². The summed E-state index contributed by atoms with van der Waals surface area (Å²) in [5, 5.41) is 3.31. The van der Waals surface area contributed by atoms with Gasteiger partial charge in [0.15, 0.2) is 5.17 Å². The highest BCUT2D eigenvalue weighted by molar-refractivity contribution is 8.18. The lowest BCUT2D eigenvalue weighted by Crippen LogP contribution is -2.19. The van der Waals surface area contributed by atoms with Gasteiger partial charge >= 0.3 is 0 Å². The van der Waals surface area contributed by atoms with Crippen molar-refractivity contribution in [1.29, 1.82) is 0 Å². The van der Waals surface area contributed by atoms with Gasteiger partial charge in [-0.3, -0.25) is 4.79 Å². The lowest BCUT2D eigenvalue weighted by Gasteiger charge is -2.11. The van der Waals surface area contributed by atoms with Gasteiger partial charge in [-0.1, -0.05) is 12.1 Å². The zero-order valence-electron chi connectivity index (χ0n) is 15.6. The number of amidine groups is 1. The fourth-order valence-corrected chi connectivity index (χ4v) is 3.32. The number of anilines is 1. The van der Waals surface area contributed by atoms with Crippen LogP contribution in [-0.4, -0.2) is 39.4 Å². The Kier molecular flexibility index (Phi) is 5.71. The molecule has 1 amide bonds. The van der Waals surface area contributed by atoms with Gasteiger partial charge in [-0.05, 0) is 47.7 Å². The predicted octanol–water partition coefficient (Wildman–Crippen LogP) is 3.66. The number of hydrogen-bond donors (Lipinski definition) is 1. The molecule has 27 heavy (non-hydrogen) atoms. The Labute approximate surface area is 162 Å². The average Bonchev–Trinajstić information content (AvgIpc) is 3.01. The molecule has 2 aromatic rings. The minimum Gasteiger partial charge on any atom is -0.497 e. The van der Waals surface area contributed by atoms with Crippen molar-refractivity contribution >= 4 is 40.3 Å². The van der Waals surface area contributed by atoms with E-state index >= 15 is 0 Å². The fourth-order valence-electron chi connectivity index (χ4n) is 2.49. The molecule has 0 aliphatic carbocycles. The van der Waals surface area contributed by atoms with E-state index in [1.807, 2.05) is 49.3 Å². The maximum absolute atomic E-state index is 12.3. The molecule has 0 spiro atoms. The number of amides is 1. The number of nitrogens with zero attached hydrogens (tertiary/aromatic N) is 2. The molecule has 0 unspecified atom stereocenters. The van der Waals surface area contributed by atoms with Crippen LogP contribution in [0.2, 0.25) is 0 Å². The maximum Gasteiger partial charge on any atom is 0.264 e. The molecule has 0 radical (unpaired) electrons. The number of carbonyl (C=O) groups excluding carboxylic acids is 1. The molecule has 1 N–H and O–H groups in total. The lowest BCUT2D eigenvalue weighted by molar-refractivity contribution is -0.115. The SMILES string of the molecule is COc1ccc(N=C2NC(=O)C(=Cc3ccc(N(C)C)cc3)S2)c(OC)c1. The van der Waals surface area contributed by atoms with Crippen LogP contribution in [0.3, 0.4) is 0 Å². The third-order valence-corrected chi connectivity index (χ3v) is 4.88. The Bertz CT molecular complexity index is 905. The van der Waals surface area contributed by atoms with Crippen LogP contribution in [0.25, 0.3) is 6.08 Å². The van der Waals surface area contributed by atoms with Gasteiger partial charge < -0.3 is 19.7 Å². The third kappa shape index (κ3) is 4.43. The third-order valence-electron chi connectivity index (χ3n) is 3.97. The summed E-state index contributed by atoms with van der Waals surface area (Å²) in [6, 6.07) is 13.3. The first-order valence-electron chi connectivity index (χ1n) is 8.29. The number of rotatable bonds is 5. The number of nitrogens with one attached hydrogen (secondary N) is 1. The van der Waals surface area contributed by atoms with E-state index in [4.69, 9.17) is 9.47 Å². The van der Waals surface area contributed by atoms with E-state index in [1.165, 1.54) is 11.8 Å². The van der Waals surface area contributed by atoms with Gasteiger partial charge in [0.2, 0.25) is 0 Å². The summed E-state index contributed by atoms with van der Waals surface area (Å²) in [6.45, 7) is 0. The molecule has 1 aliphatic heterocycles. The highest BCUT2D eigenvalue weighted by Gasteiger charge is 2.24. The van der Waals surface area contributed by atoms with Gasteiger partial charge in [0.05, 0.1) is 19.1 Å². The standard InChI is InChI=1S/C20H21N3O3S/c1-23(2)14-7-5-13(6-8-14)11-18-19(24)22-20(27-18)21-16-10-9-15(25-3)12-17(16)26-4/h5-12H,1-4H3,(H,21,22,24). The molecule has 1 heterocycles.